The lowest BCUT2D eigenvalue weighted by Crippen LogP contribution is -2.08. The van der Waals surface area contributed by atoms with E-state index in [9.17, 15) is 0 Å². The van der Waals surface area contributed by atoms with Crippen LogP contribution in [0.3, 0.4) is 0 Å². The van der Waals surface area contributed by atoms with Crippen molar-refractivity contribution in [3.63, 3.8) is 0 Å². The first-order valence-electron chi connectivity index (χ1n) is 6.09. The normalized spacial score (nSPS) is 10.4. The highest BCUT2D eigenvalue weighted by Crippen LogP contribution is 2.25. The fourth-order valence-corrected chi connectivity index (χ4v) is 2.11. The molecule has 0 amide bonds. The number of aryl methyl sites for hydroxylation is 1. The van der Waals surface area contributed by atoms with E-state index in [1.54, 1.807) is 11.3 Å². The molecule has 0 aliphatic rings. The van der Waals surface area contributed by atoms with Crippen molar-refractivity contribution in [3.05, 3.63) is 22.4 Å². The molecule has 6 nitrogen and oxygen atoms in total. The number of hydrogen-bond acceptors (Lipinski definition) is 7. The van der Waals surface area contributed by atoms with Crippen LogP contribution in [0.1, 0.15) is 24.0 Å². The van der Waals surface area contributed by atoms with Gasteiger partial charge in [0.05, 0.1) is 23.9 Å². The molecule has 0 fully saturated rings. The molecule has 102 valence electrons. The molecule has 0 saturated carbocycles. The summed E-state index contributed by atoms with van der Waals surface area (Å²) in [5.74, 6) is 1.00. The average Bonchev–Trinajstić information content (AvgIpc) is 2.82. The molecule has 19 heavy (non-hydrogen) atoms. The molecule has 0 aliphatic carbocycles. The van der Waals surface area contributed by atoms with Crippen molar-refractivity contribution in [2.24, 2.45) is 0 Å². The maximum Gasteiger partial charge on any atom is 0.242 e. The number of nitrogens with two attached hydrogens (primary N) is 1. The molecule has 0 bridgehead atoms. The van der Waals surface area contributed by atoms with E-state index in [0.717, 1.165) is 17.1 Å². The van der Waals surface area contributed by atoms with Crippen LogP contribution in [0.4, 0.5) is 11.5 Å². The highest BCUT2D eigenvalue weighted by Gasteiger charge is 2.09. The standard InChI is InChI=1S/C12H17N5OS/c1-3-4-18-12-10(13)11(15-7-16-12)14-5-9-6-19-8(2)17-9/h6-7H,3-5,13H2,1-2H3,(H,14,15,16). The largest absolute Gasteiger partial charge is 0.476 e. The van der Waals surface area contributed by atoms with E-state index in [1.165, 1.54) is 6.33 Å². The Labute approximate surface area is 116 Å². The molecule has 0 aromatic carbocycles. The van der Waals surface area contributed by atoms with Gasteiger partial charge in [0.25, 0.3) is 0 Å². The molecule has 7 heteroatoms. The minimum Gasteiger partial charge on any atom is -0.476 e. The smallest absolute Gasteiger partial charge is 0.242 e. The first-order valence-corrected chi connectivity index (χ1v) is 6.96. The maximum atomic E-state index is 5.96. The zero-order valence-corrected chi connectivity index (χ0v) is 11.8. The van der Waals surface area contributed by atoms with Crippen LogP contribution in [-0.2, 0) is 6.54 Å². The first kappa shape index (κ1) is 13.5. The van der Waals surface area contributed by atoms with Crippen LogP contribution in [0, 0.1) is 6.92 Å². The number of anilines is 2. The Bertz CT molecular complexity index is 543. The Hall–Kier alpha value is -1.89. The topological polar surface area (TPSA) is 86.0 Å². The first-order chi connectivity index (χ1) is 9.20. The Kier molecular flexibility index (Phi) is 4.51. The van der Waals surface area contributed by atoms with Crippen LogP contribution in [0.2, 0.25) is 0 Å². The monoisotopic (exact) mass is 279 g/mol. The zero-order valence-electron chi connectivity index (χ0n) is 11.0. The Balaban J connectivity index is 2.03. The number of nitrogen functional groups attached to an aromatic ring is 1. The third kappa shape index (κ3) is 3.54. The lowest BCUT2D eigenvalue weighted by Gasteiger charge is -2.10. The van der Waals surface area contributed by atoms with Gasteiger partial charge >= 0.3 is 0 Å². The quantitative estimate of drug-likeness (QED) is 0.843. The predicted octanol–water partition coefficient (Wildman–Crippen LogP) is 2.22. The third-order valence-corrected chi connectivity index (χ3v) is 3.22. The van der Waals surface area contributed by atoms with E-state index in [1.807, 2.05) is 19.2 Å². The second-order valence-electron chi connectivity index (χ2n) is 4.00. The molecular formula is C12H17N5OS. The summed E-state index contributed by atoms with van der Waals surface area (Å²) in [5, 5.41) is 6.20. The van der Waals surface area contributed by atoms with Gasteiger partial charge in [0.15, 0.2) is 5.82 Å². The molecule has 2 heterocycles. The van der Waals surface area contributed by atoms with Crippen LogP contribution in [0.5, 0.6) is 5.88 Å². The number of hydrogen-bond donors (Lipinski definition) is 2. The van der Waals surface area contributed by atoms with E-state index in [0.29, 0.717) is 30.5 Å². The van der Waals surface area contributed by atoms with Gasteiger partial charge in [-0.25, -0.2) is 9.97 Å². The maximum absolute atomic E-state index is 5.96. The summed E-state index contributed by atoms with van der Waals surface area (Å²) in [6.07, 6.45) is 2.35. The van der Waals surface area contributed by atoms with Crippen LogP contribution >= 0.6 is 11.3 Å². The molecule has 2 aromatic rings. The number of ether oxygens (including phenoxy) is 1. The Morgan fingerprint density at radius 2 is 2.26 bits per heavy atom. The highest BCUT2D eigenvalue weighted by atomic mass is 32.1. The van der Waals surface area contributed by atoms with E-state index in [-0.39, 0.29) is 0 Å². The summed E-state index contributed by atoms with van der Waals surface area (Å²) in [7, 11) is 0. The van der Waals surface area contributed by atoms with Crippen LogP contribution in [-0.4, -0.2) is 21.6 Å². The van der Waals surface area contributed by atoms with Crippen molar-refractivity contribution in [3.8, 4) is 5.88 Å². The average molecular weight is 279 g/mol. The van der Waals surface area contributed by atoms with Crippen molar-refractivity contribution in [2.75, 3.05) is 17.7 Å². The van der Waals surface area contributed by atoms with E-state index in [4.69, 9.17) is 10.5 Å². The molecule has 0 unspecified atom stereocenters. The molecule has 0 spiro atoms. The van der Waals surface area contributed by atoms with E-state index in [2.05, 4.69) is 20.3 Å². The van der Waals surface area contributed by atoms with Gasteiger partial charge in [0.2, 0.25) is 5.88 Å². The lowest BCUT2D eigenvalue weighted by atomic mass is 10.4. The summed E-state index contributed by atoms with van der Waals surface area (Å²) in [5.41, 5.74) is 7.37. The van der Waals surface area contributed by atoms with Crippen LogP contribution in [0.15, 0.2) is 11.7 Å². The second-order valence-corrected chi connectivity index (χ2v) is 5.06. The molecule has 0 aliphatic heterocycles. The lowest BCUT2D eigenvalue weighted by molar-refractivity contribution is 0.306. The van der Waals surface area contributed by atoms with Gasteiger partial charge in [-0.1, -0.05) is 6.92 Å². The fraction of sp³-hybridized carbons (Fsp3) is 0.417. The molecule has 0 radical (unpaired) electrons. The van der Waals surface area contributed by atoms with Crippen molar-refractivity contribution in [1.29, 1.82) is 0 Å². The third-order valence-electron chi connectivity index (χ3n) is 2.39. The van der Waals surface area contributed by atoms with Crippen LogP contribution < -0.4 is 15.8 Å². The number of thiazole rings is 1. The van der Waals surface area contributed by atoms with Gasteiger partial charge in [-0.2, -0.15) is 4.98 Å². The van der Waals surface area contributed by atoms with Crippen molar-refractivity contribution in [1.82, 2.24) is 15.0 Å². The van der Waals surface area contributed by atoms with Crippen LogP contribution in [0.25, 0.3) is 0 Å². The van der Waals surface area contributed by atoms with E-state index >= 15 is 0 Å². The van der Waals surface area contributed by atoms with E-state index < -0.39 is 0 Å². The number of rotatable bonds is 6. The molecular weight excluding hydrogens is 262 g/mol. The second kappa shape index (κ2) is 6.33. The van der Waals surface area contributed by atoms with Gasteiger partial charge in [-0.05, 0) is 13.3 Å². The van der Waals surface area contributed by atoms with Crippen molar-refractivity contribution in [2.45, 2.75) is 26.8 Å². The fourth-order valence-electron chi connectivity index (χ4n) is 1.50. The minimum absolute atomic E-state index is 0.425. The van der Waals surface area contributed by atoms with Gasteiger partial charge in [-0.3, -0.25) is 0 Å². The molecule has 3 N–H and O–H groups in total. The summed E-state index contributed by atoms with van der Waals surface area (Å²) in [6, 6.07) is 0. The van der Waals surface area contributed by atoms with Gasteiger partial charge < -0.3 is 15.8 Å². The Morgan fingerprint density at radius 1 is 1.42 bits per heavy atom. The van der Waals surface area contributed by atoms with Crippen molar-refractivity contribution >= 4 is 22.8 Å². The van der Waals surface area contributed by atoms with Gasteiger partial charge in [0, 0.05) is 5.38 Å². The predicted molar refractivity (Wildman–Crippen MR) is 76.4 cm³/mol. The summed E-state index contributed by atoms with van der Waals surface area (Å²) in [4.78, 5) is 12.5. The number of nitrogens with one attached hydrogen (secondary N) is 1. The number of nitrogens with zero attached hydrogens (tertiary/aromatic N) is 3. The Morgan fingerprint density at radius 3 is 2.95 bits per heavy atom. The van der Waals surface area contributed by atoms with Gasteiger partial charge in [0.1, 0.15) is 12.0 Å². The summed E-state index contributed by atoms with van der Waals surface area (Å²) < 4.78 is 5.45. The molecule has 2 rings (SSSR count). The highest BCUT2D eigenvalue weighted by molar-refractivity contribution is 7.09. The summed E-state index contributed by atoms with van der Waals surface area (Å²) in [6.45, 7) is 5.18. The summed E-state index contributed by atoms with van der Waals surface area (Å²) >= 11 is 1.62. The molecule has 0 saturated heterocycles. The number of aromatic nitrogens is 3. The molecule has 0 atom stereocenters. The minimum atomic E-state index is 0.425. The molecule has 2 aromatic heterocycles. The SMILES string of the molecule is CCCOc1ncnc(NCc2csc(C)n2)c1N. The zero-order chi connectivity index (χ0) is 13.7. The van der Waals surface area contributed by atoms with Crippen molar-refractivity contribution < 1.29 is 4.74 Å². The van der Waals surface area contributed by atoms with Gasteiger partial charge in [-0.15, -0.1) is 11.3 Å².